The zero-order chi connectivity index (χ0) is 12.3. The fourth-order valence-electron chi connectivity index (χ4n) is 1.69. The Morgan fingerprint density at radius 2 is 1.44 bits per heavy atom. The van der Waals surface area contributed by atoms with Gasteiger partial charge in [0.15, 0.2) is 0 Å². The molecule has 16 heavy (non-hydrogen) atoms. The minimum Gasteiger partial charge on any atom is -0.102 e. The van der Waals surface area contributed by atoms with E-state index >= 15 is 0 Å². The first-order chi connectivity index (χ1) is 7.45. The molecule has 0 unspecified atom stereocenters. The SMILES string of the molecule is C=C[C](C)c1cc(C(C)C)cc(C(C)C)c1. The lowest BCUT2D eigenvalue weighted by Crippen LogP contribution is -1.99. The Balaban J connectivity index is 3.23. The molecule has 0 heteroatoms. The first-order valence-corrected chi connectivity index (χ1v) is 6.07. The number of allylic oxidation sites excluding steroid dienone is 1. The van der Waals surface area contributed by atoms with Crippen LogP contribution in [0.3, 0.4) is 0 Å². The minimum absolute atomic E-state index is 0.579. The molecule has 0 N–H and O–H groups in total. The standard InChI is InChI=1S/C16H23/c1-7-13(6)16-9-14(11(2)3)8-15(10-16)12(4)5/h7-12H,1H2,2-6H3. The van der Waals surface area contributed by atoms with Crippen molar-refractivity contribution >= 4 is 0 Å². The average molecular weight is 215 g/mol. The van der Waals surface area contributed by atoms with Crippen molar-refractivity contribution in [3.8, 4) is 0 Å². The molecule has 0 nitrogen and oxygen atoms in total. The van der Waals surface area contributed by atoms with Gasteiger partial charge >= 0.3 is 0 Å². The van der Waals surface area contributed by atoms with Crippen LogP contribution in [-0.4, -0.2) is 0 Å². The highest BCUT2D eigenvalue weighted by Gasteiger charge is 2.09. The third kappa shape index (κ3) is 2.98. The van der Waals surface area contributed by atoms with Crippen LogP contribution in [0.5, 0.6) is 0 Å². The molecule has 0 saturated carbocycles. The van der Waals surface area contributed by atoms with Gasteiger partial charge < -0.3 is 0 Å². The maximum absolute atomic E-state index is 3.85. The molecular formula is C16H23. The van der Waals surface area contributed by atoms with Crippen LogP contribution in [0.15, 0.2) is 30.9 Å². The summed E-state index contributed by atoms with van der Waals surface area (Å²) in [5, 5.41) is 0. The van der Waals surface area contributed by atoms with Crippen molar-refractivity contribution in [3.63, 3.8) is 0 Å². The molecule has 0 spiro atoms. The van der Waals surface area contributed by atoms with E-state index in [0.29, 0.717) is 11.8 Å². The third-order valence-corrected chi connectivity index (χ3v) is 3.07. The summed E-state index contributed by atoms with van der Waals surface area (Å²) in [5.74, 6) is 2.41. The maximum atomic E-state index is 3.85. The normalized spacial score (nSPS) is 11.5. The van der Waals surface area contributed by atoms with Crippen molar-refractivity contribution < 1.29 is 0 Å². The Kier molecular flexibility index (Phi) is 4.35. The van der Waals surface area contributed by atoms with E-state index < -0.39 is 0 Å². The van der Waals surface area contributed by atoms with Gasteiger partial charge in [-0.15, -0.1) is 6.58 Å². The predicted molar refractivity (Wildman–Crippen MR) is 72.8 cm³/mol. The molecule has 0 aliphatic carbocycles. The summed E-state index contributed by atoms with van der Waals surface area (Å²) < 4.78 is 0. The Labute approximate surface area is 100 Å². The molecule has 0 amide bonds. The Bertz CT molecular complexity index is 332. The maximum Gasteiger partial charge on any atom is 0.0230 e. The smallest absolute Gasteiger partial charge is 0.0230 e. The second kappa shape index (κ2) is 5.34. The summed E-state index contributed by atoms with van der Waals surface area (Å²) in [5.41, 5.74) is 4.15. The van der Waals surface area contributed by atoms with Gasteiger partial charge in [0.1, 0.15) is 0 Å². The summed E-state index contributed by atoms with van der Waals surface area (Å²) in [6.45, 7) is 14.9. The third-order valence-electron chi connectivity index (χ3n) is 3.07. The quantitative estimate of drug-likeness (QED) is 0.658. The molecule has 1 rings (SSSR count). The lowest BCUT2D eigenvalue weighted by Gasteiger charge is -2.16. The van der Waals surface area contributed by atoms with Crippen molar-refractivity contribution in [2.45, 2.75) is 46.5 Å². The van der Waals surface area contributed by atoms with E-state index in [1.165, 1.54) is 22.6 Å². The summed E-state index contributed by atoms with van der Waals surface area (Å²) in [6.07, 6.45) is 1.93. The van der Waals surface area contributed by atoms with Crippen LogP contribution in [0, 0.1) is 5.92 Å². The van der Waals surface area contributed by atoms with Crippen molar-refractivity contribution in [1.82, 2.24) is 0 Å². The van der Waals surface area contributed by atoms with E-state index in [1.54, 1.807) is 0 Å². The number of benzene rings is 1. The van der Waals surface area contributed by atoms with Gasteiger partial charge in [-0.3, -0.25) is 0 Å². The van der Waals surface area contributed by atoms with Crippen molar-refractivity contribution in [2.24, 2.45) is 0 Å². The topological polar surface area (TPSA) is 0 Å². The van der Waals surface area contributed by atoms with Gasteiger partial charge in [0.05, 0.1) is 0 Å². The van der Waals surface area contributed by atoms with E-state index in [9.17, 15) is 0 Å². The van der Waals surface area contributed by atoms with Gasteiger partial charge in [0.2, 0.25) is 0 Å². The van der Waals surface area contributed by atoms with E-state index in [1.807, 2.05) is 6.08 Å². The molecule has 0 atom stereocenters. The highest BCUT2D eigenvalue weighted by atomic mass is 14.1. The van der Waals surface area contributed by atoms with Crippen LogP contribution in [0.25, 0.3) is 0 Å². The van der Waals surface area contributed by atoms with Gasteiger partial charge in [0.25, 0.3) is 0 Å². The molecule has 0 aromatic heterocycles. The van der Waals surface area contributed by atoms with Crippen LogP contribution in [0.4, 0.5) is 0 Å². The number of rotatable bonds is 4. The second-order valence-electron chi connectivity index (χ2n) is 5.08. The van der Waals surface area contributed by atoms with Crippen molar-refractivity contribution in [2.75, 3.05) is 0 Å². The van der Waals surface area contributed by atoms with E-state index in [0.717, 1.165) is 0 Å². The van der Waals surface area contributed by atoms with Crippen molar-refractivity contribution in [1.29, 1.82) is 0 Å². The molecule has 0 heterocycles. The molecule has 1 aromatic rings. The van der Waals surface area contributed by atoms with Crippen LogP contribution in [0.2, 0.25) is 0 Å². The van der Waals surface area contributed by atoms with Gasteiger partial charge in [-0.05, 0) is 28.5 Å². The van der Waals surface area contributed by atoms with Gasteiger partial charge in [-0.1, -0.05) is 58.9 Å². The fourth-order valence-corrected chi connectivity index (χ4v) is 1.69. The van der Waals surface area contributed by atoms with Crippen LogP contribution in [-0.2, 0) is 0 Å². The Morgan fingerprint density at radius 1 is 1.00 bits per heavy atom. The van der Waals surface area contributed by atoms with E-state index in [2.05, 4.69) is 59.4 Å². The van der Waals surface area contributed by atoms with Gasteiger partial charge in [0, 0.05) is 5.92 Å². The molecule has 0 aliphatic rings. The summed E-state index contributed by atoms with van der Waals surface area (Å²) in [7, 11) is 0. The zero-order valence-electron chi connectivity index (χ0n) is 11.2. The molecule has 0 aliphatic heterocycles. The predicted octanol–water partition coefficient (Wildman–Crippen LogP) is 5.06. The van der Waals surface area contributed by atoms with Gasteiger partial charge in [-0.2, -0.15) is 0 Å². The molecule has 87 valence electrons. The first kappa shape index (κ1) is 13.0. The second-order valence-corrected chi connectivity index (χ2v) is 5.08. The summed E-state index contributed by atoms with van der Waals surface area (Å²) >= 11 is 0. The summed E-state index contributed by atoms with van der Waals surface area (Å²) in [6, 6.07) is 6.90. The number of hydrogen-bond acceptors (Lipinski definition) is 0. The molecule has 0 fully saturated rings. The molecule has 1 radical (unpaired) electrons. The van der Waals surface area contributed by atoms with Gasteiger partial charge in [-0.25, -0.2) is 0 Å². The zero-order valence-corrected chi connectivity index (χ0v) is 11.2. The lowest BCUT2D eigenvalue weighted by molar-refractivity contribution is 0.830. The van der Waals surface area contributed by atoms with Crippen LogP contribution in [0.1, 0.15) is 63.1 Å². The number of hydrogen-bond donors (Lipinski definition) is 0. The summed E-state index contributed by atoms with van der Waals surface area (Å²) in [4.78, 5) is 0. The van der Waals surface area contributed by atoms with E-state index in [-0.39, 0.29) is 0 Å². The Hall–Kier alpha value is -1.04. The molecule has 0 saturated heterocycles. The lowest BCUT2D eigenvalue weighted by atomic mass is 9.89. The fraction of sp³-hybridized carbons (Fsp3) is 0.438. The highest BCUT2D eigenvalue weighted by molar-refractivity contribution is 5.42. The van der Waals surface area contributed by atoms with Crippen molar-refractivity contribution in [3.05, 3.63) is 53.5 Å². The first-order valence-electron chi connectivity index (χ1n) is 6.07. The minimum atomic E-state index is 0.579. The largest absolute Gasteiger partial charge is 0.102 e. The molecule has 1 aromatic carbocycles. The molecule has 0 bridgehead atoms. The monoisotopic (exact) mass is 215 g/mol. The van der Waals surface area contributed by atoms with E-state index in [4.69, 9.17) is 0 Å². The Morgan fingerprint density at radius 3 is 1.75 bits per heavy atom. The average Bonchev–Trinajstić information content (AvgIpc) is 2.27. The van der Waals surface area contributed by atoms with Crippen LogP contribution >= 0.6 is 0 Å². The van der Waals surface area contributed by atoms with Crippen LogP contribution < -0.4 is 0 Å². The highest BCUT2D eigenvalue weighted by Crippen LogP contribution is 2.27. The molecular weight excluding hydrogens is 192 g/mol.